The van der Waals surface area contributed by atoms with Crippen LogP contribution in [-0.4, -0.2) is 37.2 Å². The molecule has 458 valence electrons. The van der Waals surface area contributed by atoms with Gasteiger partial charge in [-0.05, 0) is 141 Å². The lowest BCUT2D eigenvalue weighted by Gasteiger charge is -2.18. The van der Waals surface area contributed by atoms with Crippen LogP contribution in [0.15, 0.2) is 146 Å². The van der Waals surface area contributed by atoms with Crippen molar-refractivity contribution in [2.75, 3.05) is 13.2 Å². The Kier molecular flexibility index (Phi) is 63.9. The van der Waals surface area contributed by atoms with E-state index >= 15 is 0 Å². The first-order chi connectivity index (χ1) is 40.0. The standard InChI is InChI=1S/C75H122O6/c1-4-7-10-13-16-19-22-25-28-31-33-34-35-36-37-38-39-40-42-44-47-50-53-56-59-62-65-68-74(77)80-71-72(70-79-73(76)67-64-61-58-55-52-49-46-43-30-27-24-21-18-15-12-9-6-3)81-75(78)69-66-63-60-57-54-51-48-45-41-32-29-26-23-20-17-14-11-8-5-2/h7-8,10-11,16-21,25-30,33-34,36-37,39-41,45,72H,4-6,9,12-15,22-24,31-32,35,38,42-44,46-71H2,1-3H3/b10-7-,11-8-,19-16-,20-17-,21-18-,28-25-,29-26-,30-27-,34-33-,37-36-,40-39-,45-41-. The maximum atomic E-state index is 12.9. The van der Waals surface area contributed by atoms with E-state index in [1.807, 2.05) is 0 Å². The van der Waals surface area contributed by atoms with Gasteiger partial charge in [0.2, 0.25) is 0 Å². The molecule has 0 aliphatic heterocycles. The molecule has 6 nitrogen and oxygen atoms in total. The van der Waals surface area contributed by atoms with Crippen molar-refractivity contribution in [3.63, 3.8) is 0 Å². The molecule has 0 bridgehead atoms. The fourth-order valence-corrected chi connectivity index (χ4v) is 8.88. The van der Waals surface area contributed by atoms with E-state index in [1.54, 1.807) is 0 Å². The van der Waals surface area contributed by atoms with Gasteiger partial charge in [-0.3, -0.25) is 14.4 Å². The second-order valence-corrected chi connectivity index (χ2v) is 21.6. The van der Waals surface area contributed by atoms with Crippen LogP contribution in [0.3, 0.4) is 0 Å². The van der Waals surface area contributed by atoms with Crippen molar-refractivity contribution >= 4 is 17.9 Å². The van der Waals surface area contributed by atoms with E-state index in [1.165, 1.54) is 96.3 Å². The number of hydrogen-bond donors (Lipinski definition) is 0. The minimum Gasteiger partial charge on any atom is -0.462 e. The molecular weight excluding hydrogens is 997 g/mol. The lowest BCUT2D eigenvalue weighted by molar-refractivity contribution is -0.167. The lowest BCUT2D eigenvalue weighted by atomic mass is 10.1. The highest BCUT2D eigenvalue weighted by atomic mass is 16.6. The SMILES string of the molecule is CC/C=C\C/C=C\C/C=C\C/C=C\C/C=C\C/C=C\CCCCCCCCCCC(=O)OCC(COC(=O)CCCCCCCCC/C=C\C/C=C\CCCCC)OC(=O)CCCCCCCC/C=C\C/C=C\C/C=C\C/C=C\CC. The molecule has 81 heavy (non-hydrogen) atoms. The summed E-state index contributed by atoms with van der Waals surface area (Å²) in [5.74, 6) is -0.922. The average Bonchev–Trinajstić information content (AvgIpc) is 3.47. The molecule has 0 fully saturated rings. The molecule has 0 aromatic heterocycles. The third kappa shape index (κ3) is 66.0. The van der Waals surface area contributed by atoms with Gasteiger partial charge >= 0.3 is 17.9 Å². The van der Waals surface area contributed by atoms with Crippen LogP contribution in [0.1, 0.15) is 290 Å². The van der Waals surface area contributed by atoms with E-state index in [-0.39, 0.29) is 31.1 Å². The number of rotatable bonds is 59. The first-order valence-electron chi connectivity index (χ1n) is 33.3. The Balaban J connectivity index is 4.43. The van der Waals surface area contributed by atoms with E-state index < -0.39 is 6.10 Å². The van der Waals surface area contributed by atoms with E-state index in [0.29, 0.717) is 19.3 Å². The maximum absolute atomic E-state index is 12.9. The van der Waals surface area contributed by atoms with Crippen molar-refractivity contribution in [1.82, 2.24) is 0 Å². The number of carbonyl (C=O) groups excluding carboxylic acids is 3. The fourth-order valence-electron chi connectivity index (χ4n) is 8.88. The molecule has 1 atom stereocenters. The van der Waals surface area contributed by atoms with Gasteiger partial charge < -0.3 is 14.2 Å². The van der Waals surface area contributed by atoms with Crippen LogP contribution in [0.5, 0.6) is 0 Å². The highest BCUT2D eigenvalue weighted by Gasteiger charge is 2.19. The van der Waals surface area contributed by atoms with Crippen LogP contribution in [0.25, 0.3) is 0 Å². The smallest absolute Gasteiger partial charge is 0.306 e. The van der Waals surface area contributed by atoms with Gasteiger partial charge in [0.1, 0.15) is 13.2 Å². The summed E-state index contributed by atoms with van der Waals surface area (Å²) >= 11 is 0. The number of hydrogen-bond acceptors (Lipinski definition) is 6. The third-order valence-corrected chi connectivity index (χ3v) is 13.8. The molecular formula is C75H122O6. The zero-order valence-electron chi connectivity index (χ0n) is 52.5. The van der Waals surface area contributed by atoms with Gasteiger partial charge in [-0.15, -0.1) is 0 Å². The van der Waals surface area contributed by atoms with Crippen molar-refractivity contribution in [3.05, 3.63) is 146 Å². The van der Waals surface area contributed by atoms with Gasteiger partial charge in [0.25, 0.3) is 0 Å². The predicted octanol–water partition coefficient (Wildman–Crippen LogP) is 23.1. The second kappa shape index (κ2) is 67.8. The minimum atomic E-state index is -0.801. The number of carbonyl (C=O) groups is 3. The van der Waals surface area contributed by atoms with Crippen molar-refractivity contribution in [2.45, 2.75) is 297 Å². The molecule has 0 aromatic rings. The van der Waals surface area contributed by atoms with Gasteiger partial charge in [-0.2, -0.15) is 0 Å². The summed E-state index contributed by atoms with van der Waals surface area (Å²) in [5, 5.41) is 0. The molecule has 0 aliphatic rings. The molecule has 0 aliphatic carbocycles. The van der Waals surface area contributed by atoms with Crippen molar-refractivity contribution in [3.8, 4) is 0 Å². The largest absolute Gasteiger partial charge is 0.462 e. The van der Waals surface area contributed by atoms with Crippen LogP contribution in [0.2, 0.25) is 0 Å². The summed E-state index contributed by atoms with van der Waals surface area (Å²) in [4.78, 5) is 38.4. The summed E-state index contributed by atoms with van der Waals surface area (Å²) in [6, 6.07) is 0. The predicted molar refractivity (Wildman–Crippen MR) is 352 cm³/mol. The quantitative estimate of drug-likeness (QED) is 0.0261. The third-order valence-electron chi connectivity index (χ3n) is 13.8. The van der Waals surface area contributed by atoms with Gasteiger partial charge in [0, 0.05) is 19.3 Å². The van der Waals surface area contributed by atoms with E-state index in [4.69, 9.17) is 14.2 Å². The Labute approximate surface area is 499 Å². The molecule has 0 N–H and O–H groups in total. The van der Waals surface area contributed by atoms with E-state index in [9.17, 15) is 14.4 Å². The molecule has 6 heteroatoms. The molecule has 0 amide bonds. The second-order valence-electron chi connectivity index (χ2n) is 21.6. The zero-order valence-corrected chi connectivity index (χ0v) is 52.5. The Bertz CT molecular complexity index is 1760. The molecule has 0 heterocycles. The number of ether oxygens (including phenoxy) is 3. The summed E-state index contributed by atoms with van der Waals surface area (Å²) in [5.41, 5.74) is 0. The molecule has 0 radical (unpaired) electrons. The zero-order chi connectivity index (χ0) is 58.5. The summed E-state index contributed by atoms with van der Waals surface area (Å²) in [7, 11) is 0. The normalized spacial score (nSPS) is 13.1. The van der Waals surface area contributed by atoms with Crippen molar-refractivity contribution < 1.29 is 28.6 Å². The van der Waals surface area contributed by atoms with Gasteiger partial charge in [-0.1, -0.05) is 276 Å². The van der Waals surface area contributed by atoms with Crippen LogP contribution < -0.4 is 0 Å². The molecule has 1 unspecified atom stereocenters. The first kappa shape index (κ1) is 76.3. The van der Waals surface area contributed by atoms with Crippen molar-refractivity contribution in [2.24, 2.45) is 0 Å². The average molecular weight is 1120 g/mol. The van der Waals surface area contributed by atoms with Crippen LogP contribution in [0, 0.1) is 0 Å². The summed E-state index contributed by atoms with van der Waals surface area (Å²) in [6.45, 7) is 6.37. The molecule has 0 saturated heterocycles. The van der Waals surface area contributed by atoms with E-state index in [0.717, 1.165) is 154 Å². The maximum Gasteiger partial charge on any atom is 0.306 e. The molecule has 0 rings (SSSR count). The first-order valence-corrected chi connectivity index (χ1v) is 33.3. The van der Waals surface area contributed by atoms with Crippen LogP contribution >= 0.6 is 0 Å². The highest BCUT2D eigenvalue weighted by Crippen LogP contribution is 2.15. The monoisotopic (exact) mass is 1120 g/mol. The number of allylic oxidation sites excluding steroid dienone is 24. The summed E-state index contributed by atoms with van der Waals surface area (Å²) < 4.78 is 16.9. The Hall–Kier alpha value is -4.71. The lowest BCUT2D eigenvalue weighted by Crippen LogP contribution is -2.30. The van der Waals surface area contributed by atoms with Gasteiger partial charge in [0.15, 0.2) is 6.10 Å². The van der Waals surface area contributed by atoms with E-state index in [2.05, 4.69) is 167 Å². The minimum absolute atomic E-state index is 0.0950. The number of esters is 3. The Morgan fingerprint density at radius 1 is 0.259 bits per heavy atom. The molecule has 0 saturated carbocycles. The van der Waals surface area contributed by atoms with Gasteiger partial charge in [-0.25, -0.2) is 0 Å². The van der Waals surface area contributed by atoms with Crippen LogP contribution in [-0.2, 0) is 28.6 Å². The highest BCUT2D eigenvalue weighted by molar-refractivity contribution is 5.71. The van der Waals surface area contributed by atoms with Gasteiger partial charge in [0.05, 0.1) is 0 Å². The summed E-state index contributed by atoms with van der Waals surface area (Å²) in [6.07, 6.45) is 97.0. The number of unbranched alkanes of at least 4 members (excludes halogenated alkanes) is 24. The fraction of sp³-hybridized carbons (Fsp3) is 0.640. The molecule has 0 spiro atoms. The van der Waals surface area contributed by atoms with Crippen LogP contribution in [0.4, 0.5) is 0 Å². The molecule has 0 aromatic carbocycles. The van der Waals surface area contributed by atoms with Crippen molar-refractivity contribution in [1.29, 1.82) is 0 Å². The topological polar surface area (TPSA) is 78.9 Å². The Morgan fingerprint density at radius 3 is 0.753 bits per heavy atom. The Morgan fingerprint density at radius 2 is 0.481 bits per heavy atom.